The Bertz CT molecular complexity index is 984. The van der Waals surface area contributed by atoms with Crippen molar-refractivity contribution in [2.45, 2.75) is 26.1 Å². The van der Waals surface area contributed by atoms with Gasteiger partial charge in [-0.1, -0.05) is 42.5 Å². The lowest BCUT2D eigenvalue weighted by Crippen LogP contribution is -2.35. The third kappa shape index (κ3) is 4.30. The van der Waals surface area contributed by atoms with Crippen molar-refractivity contribution in [3.05, 3.63) is 87.3 Å². The molecule has 1 aromatic heterocycles. The Morgan fingerprint density at radius 1 is 1.11 bits per heavy atom. The number of fused-ring (bicyclic) bond motifs is 1. The quantitative estimate of drug-likeness (QED) is 0.691. The van der Waals surface area contributed by atoms with Crippen molar-refractivity contribution in [3.8, 4) is 0 Å². The Labute approximate surface area is 164 Å². The molecule has 4 rings (SSSR count). The molecule has 0 radical (unpaired) electrons. The lowest BCUT2D eigenvalue weighted by Gasteiger charge is -2.27. The van der Waals surface area contributed by atoms with Crippen molar-refractivity contribution in [1.82, 2.24) is 14.9 Å². The van der Waals surface area contributed by atoms with E-state index in [0.717, 1.165) is 42.0 Å². The van der Waals surface area contributed by atoms with E-state index in [-0.39, 0.29) is 5.56 Å². The number of hydrogen-bond donors (Lipinski definition) is 2. The van der Waals surface area contributed by atoms with E-state index in [9.17, 15) is 4.79 Å². The van der Waals surface area contributed by atoms with Gasteiger partial charge >= 0.3 is 0 Å². The van der Waals surface area contributed by atoms with E-state index in [1.54, 1.807) is 7.11 Å². The van der Waals surface area contributed by atoms with Crippen LogP contribution in [0.4, 0.5) is 11.6 Å². The van der Waals surface area contributed by atoms with Gasteiger partial charge in [-0.05, 0) is 23.3 Å². The first-order chi connectivity index (χ1) is 13.7. The zero-order valence-electron chi connectivity index (χ0n) is 15.9. The van der Waals surface area contributed by atoms with Gasteiger partial charge in [0.2, 0.25) is 5.95 Å². The van der Waals surface area contributed by atoms with Gasteiger partial charge in [0.25, 0.3) is 5.56 Å². The van der Waals surface area contributed by atoms with Gasteiger partial charge in [-0.3, -0.25) is 14.7 Å². The fourth-order valence-corrected chi connectivity index (χ4v) is 3.50. The highest BCUT2D eigenvalue weighted by Gasteiger charge is 2.21. The zero-order valence-corrected chi connectivity index (χ0v) is 15.9. The molecule has 0 unspecified atom stereocenters. The van der Waals surface area contributed by atoms with Crippen molar-refractivity contribution in [2.75, 3.05) is 19.0 Å². The fraction of sp³-hybridized carbons (Fsp3) is 0.273. The van der Waals surface area contributed by atoms with Crippen molar-refractivity contribution < 1.29 is 4.74 Å². The van der Waals surface area contributed by atoms with Crippen LogP contribution in [0, 0.1) is 0 Å². The van der Waals surface area contributed by atoms with Crippen LogP contribution in [-0.2, 0) is 30.9 Å². The third-order valence-electron chi connectivity index (χ3n) is 4.92. The van der Waals surface area contributed by atoms with Crippen LogP contribution in [0.3, 0.4) is 0 Å². The number of benzene rings is 2. The van der Waals surface area contributed by atoms with Crippen LogP contribution in [0.1, 0.15) is 22.4 Å². The Morgan fingerprint density at radius 3 is 2.64 bits per heavy atom. The van der Waals surface area contributed by atoms with Gasteiger partial charge < -0.3 is 10.1 Å². The number of nitrogens with zero attached hydrogens (tertiary/aromatic N) is 2. The number of nitrogens with one attached hydrogen (secondary N) is 2. The zero-order chi connectivity index (χ0) is 19.3. The molecule has 0 spiro atoms. The van der Waals surface area contributed by atoms with E-state index in [4.69, 9.17) is 4.74 Å². The van der Waals surface area contributed by atoms with Gasteiger partial charge in [0.1, 0.15) is 0 Å². The summed E-state index contributed by atoms with van der Waals surface area (Å²) in [4.78, 5) is 22.5. The van der Waals surface area contributed by atoms with Crippen molar-refractivity contribution in [2.24, 2.45) is 0 Å². The minimum Gasteiger partial charge on any atom is -0.380 e. The minimum atomic E-state index is -0.0683. The van der Waals surface area contributed by atoms with Gasteiger partial charge in [-0.25, -0.2) is 4.98 Å². The third-order valence-corrected chi connectivity index (χ3v) is 4.92. The molecule has 6 nitrogen and oxygen atoms in total. The Hall–Kier alpha value is -2.96. The topological polar surface area (TPSA) is 70.2 Å². The summed E-state index contributed by atoms with van der Waals surface area (Å²) in [6, 6.07) is 18.2. The number of ether oxygens (including phenoxy) is 1. The first-order valence-electron chi connectivity index (χ1n) is 9.44. The van der Waals surface area contributed by atoms with Crippen LogP contribution in [0.25, 0.3) is 0 Å². The molecular weight excluding hydrogens is 352 g/mol. The van der Waals surface area contributed by atoms with Gasteiger partial charge in [0, 0.05) is 38.9 Å². The van der Waals surface area contributed by atoms with Gasteiger partial charge in [0.05, 0.1) is 17.9 Å². The minimum absolute atomic E-state index is 0.0683. The second kappa shape index (κ2) is 8.37. The average molecular weight is 376 g/mol. The van der Waals surface area contributed by atoms with Crippen LogP contribution in [0.15, 0.2) is 59.4 Å². The second-order valence-electron chi connectivity index (χ2n) is 7.04. The maximum absolute atomic E-state index is 12.6. The highest BCUT2D eigenvalue weighted by Crippen LogP contribution is 2.19. The molecule has 0 bridgehead atoms. The van der Waals surface area contributed by atoms with Gasteiger partial charge in [-0.15, -0.1) is 0 Å². The normalized spacial score (nSPS) is 13.9. The van der Waals surface area contributed by atoms with Crippen molar-refractivity contribution >= 4 is 11.6 Å². The first kappa shape index (κ1) is 18.4. The van der Waals surface area contributed by atoms with E-state index >= 15 is 0 Å². The van der Waals surface area contributed by atoms with Crippen LogP contribution in [0.2, 0.25) is 0 Å². The number of rotatable bonds is 6. The molecule has 28 heavy (non-hydrogen) atoms. The SMILES string of the molecule is COCc1ccc(Nc2nc3c(c(=O)[nH]2)CN(Cc2ccccc2)CC3)cc1. The van der Waals surface area contributed by atoms with E-state index in [0.29, 0.717) is 19.1 Å². The summed E-state index contributed by atoms with van der Waals surface area (Å²) in [5.41, 5.74) is 4.81. The molecule has 0 atom stereocenters. The molecule has 0 saturated heterocycles. The number of methoxy groups -OCH3 is 1. The summed E-state index contributed by atoms with van der Waals surface area (Å²) in [6.45, 7) is 2.93. The van der Waals surface area contributed by atoms with Gasteiger partial charge in [0.15, 0.2) is 0 Å². The maximum Gasteiger partial charge on any atom is 0.257 e. The number of hydrogen-bond acceptors (Lipinski definition) is 5. The van der Waals surface area contributed by atoms with Crippen molar-refractivity contribution in [1.29, 1.82) is 0 Å². The highest BCUT2D eigenvalue weighted by atomic mass is 16.5. The van der Waals surface area contributed by atoms with E-state index in [2.05, 4.69) is 32.3 Å². The largest absolute Gasteiger partial charge is 0.380 e. The smallest absolute Gasteiger partial charge is 0.257 e. The van der Waals surface area contributed by atoms with E-state index in [1.165, 1.54) is 5.56 Å². The molecule has 3 aromatic rings. The van der Waals surface area contributed by atoms with Gasteiger partial charge in [-0.2, -0.15) is 0 Å². The van der Waals surface area contributed by atoms with Crippen molar-refractivity contribution in [3.63, 3.8) is 0 Å². The van der Waals surface area contributed by atoms with Crippen LogP contribution < -0.4 is 10.9 Å². The Morgan fingerprint density at radius 2 is 1.89 bits per heavy atom. The first-order valence-corrected chi connectivity index (χ1v) is 9.44. The summed E-state index contributed by atoms with van der Waals surface area (Å²) < 4.78 is 5.13. The second-order valence-corrected chi connectivity index (χ2v) is 7.04. The summed E-state index contributed by atoms with van der Waals surface area (Å²) in [7, 11) is 1.68. The molecule has 2 aromatic carbocycles. The lowest BCUT2D eigenvalue weighted by atomic mass is 10.1. The molecule has 0 aliphatic carbocycles. The van der Waals surface area contributed by atoms with Crippen LogP contribution in [-0.4, -0.2) is 28.5 Å². The number of H-pyrrole nitrogens is 1. The summed E-state index contributed by atoms with van der Waals surface area (Å²) in [5, 5.41) is 3.19. The highest BCUT2D eigenvalue weighted by molar-refractivity contribution is 5.54. The monoisotopic (exact) mass is 376 g/mol. The number of anilines is 2. The maximum atomic E-state index is 12.6. The van der Waals surface area contributed by atoms with Crippen LogP contribution in [0.5, 0.6) is 0 Å². The molecule has 0 amide bonds. The Kier molecular flexibility index (Phi) is 5.50. The summed E-state index contributed by atoms with van der Waals surface area (Å²) in [6.07, 6.45) is 0.771. The predicted octanol–water partition coefficient (Wildman–Crippen LogP) is 3.22. The molecule has 1 aliphatic rings. The summed E-state index contributed by atoms with van der Waals surface area (Å²) in [5.74, 6) is 0.486. The number of aromatic nitrogens is 2. The Balaban J connectivity index is 1.47. The molecule has 2 heterocycles. The molecule has 2 N–H and O–H groups in total. The molecule has 0 saturated carbocycles. The average Bonchev–Trinajstić information content (AvgIpc) is 2.71. The molecule has 0 fully saturated rings. The lowest BCUT2D eigenvalue weighted by molar-refractivity contribution is 0.185. The van der Waals surface area contributed by atoms with E-state index < -0.39 is 0 Å². The number of aromatic amines is 1. The standard InChI is InChI=1S/C22H24N4O2/c1-28-15-17-7-9-18(10-8-17)23-22-24-20-11-12-26(14-19(20)21(27)25-22)13-16-5-3-2-4-6-16/h2-10H,11-15H2,1H3,(H2,23,24,25,27). The van der Waals surface area contributed by atoms with Crippen LogP contribution >= 0.6 is 0 Å². The molecule has 6 heteroatoms. The summed E-state index contributed by atoms with van der Waals surface area (Å²) >= 11 is 0. The molecule has 1 aliphatic heterocycles. The molecule has 144 valence electrons. The van der Waals surface area contributed by atoms with E-state index in [1.807, 2.05) is 42.5 Å². The fourth-order valence-electron chi connectivity index (χ4n) is 3.50. The molecular formula is C22H24N4O2. The predicted molar refractivity (Wildman–Crippen MR) is 110 cm³/mol.